The normalized spacial score (nSPS) is 10.8. The summed E-state index contributed by atoms with van der Waals surface area (Å²) in [5, 5.41) is 2.92. The molecule has 0 atom stereocenters. The predicted octanol–water partition coefficient (Wildman–Crippen LogP) is 3.25. The molecular formula is C14H13N3OS. The number of hydrogen-bond donors (Lipinski definition) is 1. The highest BCUT2D eigenvalue weighted by atomic mass is 32.1. The van der Waals surface area contributed by atoms with Crippen LogP contribution in [0.1, 0.15) is 11.1 Å². The highest BCUT2D eigenvalue weighted by molar-refractivity contribution is 7.16. The van der Waals surface area contributed by atoms with E-state index in [0.29, 0.717) is 12.4 Å². The van der Waals surface area contributed by atoms with Crippen LogP contribution in [-0.4, -0.2) is 9.97 Å². The molecule has 0 aliphatic heterocycles. The zero-order valence-corrected chi connectivity index (χ0v) is 11.3. The average molecular weight is 271 g/mol. The van der Waals surface area contributed by atoms with Gasteiger partial charge in [0.1, 0.15) is 16.9 Å². The van der Waals surface area contributed by atoms with E-state index in [4.69, 9.17) is 10.5 Å². The van der Waals surface area contributed by atoms with E-state index in [1.165, 1.54) is 6.33 Å². The van der Waals surface area contributed by atoms with Gasteiger partial charge in [0.25, 0.3) is 0 Å². The average Bonchev–Trinajstić information content (AvgIpc) is 2.90. The number of rotatable bonds is 3. The fourth-order valence-electron chi connectivity index (χ4n) is 1.83. The molecule has 0 fully saturated rings. The minimum Gasteiger partial charge on any atom is -0.438 e. The van der Waals surface area contributed by atoms with Crippen LogP contribution in [0.3, 0.4) is 0 Å². The van der Waals surface area contributed by atoms with Gasteiger partial charge in [-0.15, -0.1) is 11.3 Å². The number of aryl methyl sites for hydroxylation is 1. The van der Waals surface area contributed by atoms with E-state index in [9.17, 15) is 0 Å². The molecule has 19 heavy (non-hydrogen) atoms. The fourth-order valence-corrected chi connectivity index (χ4v) is 2.56. The summed E-state index contributed by atoms with van der Waals surface area (Å²) < 4.78 is 5.92. The van der Waals surface area contributed by atoms with E-state index in [0.717, 1.165) is 27.1 Å². The third-order valence-electron chi connectivity index (χ3n) is 2.92. The molecule has 96 valence electrons. The van der Waals surface area contributed by atoms with Crippen LogP contribution in [0.5, 0.6) is 11.6 Å². The van der Waals surface area contributed by atoms with E-state index < -0.39 is 0 Å². The summed E-state index contributed by atoms with van der Waals surface area (Å²) in [4.78, 5) is 9.35. The molecule has 0 radical (unpaired) electrons. The van der Waals surface area contributed by atoms with Crippen molar-refractivity contribution in [3.05, 3.63) is 47.1 Å². The SMILES string of the molecule is Cc1ccc(CN)cc1Oc1ncnc2sccc12. The van der Waals surface area contributed by atoms with Crippen molar-refractivity contribution in [1.82, 2.24) is 9.97 Å². The van der Waals surface area contributed by atoms with Crippen molar-refractivity contribution in [1.29, 1.82) is 0 Å². The van der Waals surface area contributed by atoms with Crippen molar-refractivity contribution >= 4 is 21.6 Å². The highest BCUT2D eigenvalue weighted by Gasteiger charge is 2.09. The van der Waals surface area contributed by atoms with Crippen molar-refractivity contribution in [2.24, 2.45) is 5.73 Å². The second-order valence-corrected chi connectivity index (χ2v) is 5.12. The van der Waals surface area contributed by atoms with Crippen LogP contribution in [0.4, 0.5) is 0 Å². The standard InChI is InChI=1S/C14H13N3OS/c1-9-2-3-10(7-15)6-12(9)18-13-11-4-5-19-14(11)17-8-16-13/h2-6,8H,7,15H2,1H3. The molecule has 0 aliphatic rings. The van der Waals surface area contributed by atoms with E-state index in [1.54, 1.807) is 11.3 Å². The molecule has 5 heteroatoms. The van der Waals surface area contributed by atoms with Gasteiger partial charge in [-0.3, -0.25) is 0 Å². The molecule has 3 rings (SSSR count). The first-order chi connectivity index (χ1) is 9.28. The second-order valence-electron chi connectivity index (χ2n) is 4.22. The number of thiophene rings is 1. The third-order valence-corrected chi connectivity index (χ3v) is 3.74. The van der Waals surface area contributed by atoms with E-state index in [-0.39, 0.29) is 0 Å². The molecule has 0 saturated carbocycles. The summed E-state index contributed by atoms with van der Waals surface area (Å²) in [6.07, 6.45) is 1.52. The smallest absolute Gasteiger partial charge is 0.231 e. The lowest BCUT2D eigenvalue weighted by atomic mass is 10.1. The number of nitrogens with two attached hydrogens (primary N) is 1. The molecule has 0 amide bonds. The van der Waals surface area contributed by atoms with Gasteiger partial charge in [0.05, 0.1) is 5.39 Å². The number of aromatic nitrogens is 2. The van der Waals surface area contributed by atoms with Crippen LogP contribution in [0.25, 0.3) is 10.2 Å². The number of ether oxygens (including phenoxy) is 1. The van der Waals surface area contributed by atoms with Gasteiger partial charge in [0.15, 0.2) is 0 Å². The Labute approximate surface area is 114 Å². The Balaban J connectivity index is 2.03. The van der Waals surface area contributed by atoms with Crippen molar-refractivity contribution in [3.8, 4) is 11.6 Å². The summed E-state index contributed by atoms with van der Waals surface area (Å²) in [5.41, 5.74) is 7.75. The van der Waals surface area contributed by atoms with Crippen LogP contribution >= 0.6 is 11.3 Å². The van der Waals surface area contributed by atoms with Crippen LogP contribution in [-0.2, 0) is 6.54 Å². The molecule has 2 aromatic heterocycles. The summed E-state index contributed by atoms with van der Waals surface area (Å²) in [5.74, 6) is 1.37. The Morgan fingerprint density at radius 1 is 1.26 bits per heavy atom. The molecular weight excluding hydrogens is 258 g/mol. The zero-order chi connectivity index (χ0) is 13.2. The van der Waals surface area contributed by atoms with E-state index in [2.05, 4.69) is 9.97 Å². The zero-order valence-electron chi connectivity index (χ0n) is 10.5. The lowest BCUT2D eigenvalue weighted by Gasteiger charge is -2.09. The maximum Gasteiger partial charge on any atom is 0.231 e. The van der Waals surface area contributed by atoms with Crippen molar-refractivity contribution in [2.45, 2.75) is 13.5 Å². The molecule has 0 bridgehead atoms. The van der Waals surface area contributed by atoms with Gasteiger partial charge in [-0.1, -0.05) is 12.1 Å². The van der Waals surface area contributed by atoms with Crippen LogP contribution in [0, 0.1) is 6.92 Å². The molecule has 4 nitrogen and oxygen atoms in total. The van der Waals surface area contributed by atoms with Crippen LogP contribution in [0.2, 0.25) is 0 Å². The quantitative estimate of drug-likeness (QED) is 0.794. The number of hydrogen-bond acceptors (Lipinski definition) is 5. The Bertz CT molecular complexity index is 724. The molecule has 0 saturated heterocycles. The molecule has 0 unspecified atom stereocenters. The van der Waals surface area contributed by atoms with Crippen molar-refractivity contribution in [2.75, 3.05) is 0 Å². The Hall–Kier alpha value is -1.98. The van der Waals surface area contributed by atoms with Gasteiger partial charge < -0.3 is 10.5 Å². The summed E-state index contributed by atoms with van der Waals surface area (Å²) in [6, 6.07) is 7.93. The van der Waals surface area contributed by atoms with E-state index >= 15 is 0 Å². The first-order valence-corrected chi connectivity index (χ1v) is 6.81. The Kier molecular flexibility index (Phi) is 3.15. The molecule has 2 heterocycles. The molecule has 0 aliphatic carbocycles. The summed E-state index contributed by atoms with van der Waals surface area (Å²) in [6.45, 7) is 2.50. The largest absolute Gasteiger partial charge is 0.438 e. The minimum absolute atomic E-state index is 0.494. The van der Waals surface area contributed by atoms with Crippen molar-refractivity contribution in [3.63, 3.8) is 0 Å². The maximum atomic E-state index is 5.92. The molecule has 0 spiro atoms. The van der Waals surface area contributed by atoms with Gasteiger partial charge in [-0.25, -0.2) is 9.97 Å². The molecule has 2 N–H and O–H groups in total. The fraction of sp³-hybridized carbons (Fsp3) is 0.143. The van der Waals surface area contributed by atoms with Gasteiger partial charge in [-0.2, -0.15) is 0 Å². The first-order valence-electron chi connectivity index (χ1n) is 5.93. The number of fused-ring (bicyclic) bond motifs is 1. The lowest BCUT2D eigenvalue weighted by molar-refractivity contribution is 0.464. The number of benzene rings is 1. The second kappa shape index (κ2) is 4.95. The van der Waals surface area contributed by atoms with Gasteiger partial charge in [0.2, 0.25) is 5.88 Å². The van der Waals surface area contributed by atoms with Crippen LogP contribution < -0.4 is 10.5 Å². The van der Waals surface area contributed by atoms with Gasteiger partial charge >= 0.3 is 0 Å². The minimum atomic E-state index is 0.494. The number of nitrogens with zero attached hydrogens (tertiary/aromatic N) is 2. The highest BCUT2D eigenvalue weighted by Crippen LogP contribution is 2.31. The Morgan fingerprint density at radius 3 is 3.00 bits per heavy atom. The maximum absolute atomic E-state index is 5.92. The summed E-state index contributed by atoms with van der Waals surface area (Å²) >= 11 is 1.57. The van der Waals surface area contributed by atoms with Gasteiger partial charge in [-0.05, 0) is 35.6 Å². The van der Waals surface area contributed by atoms with Crippen molar-refractivity contribution < 1.29 is 4.74 Å². The molecule has 1 aromatic carbocycles. The van der Waals surface area contributed by atoms with Gasteiger partial charge in [0, 0.05) is 6.54 Å². The Morgan fingerprint density at radius 2 is 2.16 bits per heavy atom. The topological polar surface area (TPSA) is 61.0 Å². The first kappa shape index (κ1) is 12.1. The monoisotopic (exact) mass is 271 g/mol. The third kappa shape index (κ3) is 2.30. The predicted molar refractivity (Wildman–Crippen MR) is 76.6 cm³/mol. The summed E-state index contributed by atoms with van der Waals surface area (Å²) in [7, 11) is 0. The van der Waals surface area contributed by atoms with E-state index in [1.807, 2.05) is 36.6 Å². The lowest BCUT2D eigenvalue weighted by Crippen LogP contribution is -1.98. The van der Waals surface area contributed by atoms with Crippen LogP contribution in [0.15, 0.2) is 36.0 Å². The molecule has 3 aromatic rings.